The molecule has 2 amide bonds. The van der Waals surface area contributed by atoms with Crippen molar-refractivity contribution in [1.82, 2.24) is 14.4 Å². The number of rotatable bonds is 2. The maximum Gasteiger partial charge on any atom is 0.256 e. The Hall–Kier alpha value is -2.30. The molecular weight excluding hydrogens is 326 g/mol. The summed E-state index contributed by atoms with van der Waals surface area (Å²) in [6, 6.07) is 8.42. The Bertz CT molecular complexity index is 841. The number of para-hydroxylation sites is 1. The van der Waals surface area contributed by atoms with Gasteiger partial charge in [-0.15, -0.1) is 0 Å². The number of hydrogen-bond acceptors (Lipinski definition) is 2. The van der Waals surface area contributed by atoms with Gasteiger partial charge < -0.3 is 14.4 Å². The van der Waals surface area contributed by atoms with E-state index >= 15 is 0 Å². The Morgan fingerprint density at radius 1 is 1.23 bits per heavy atom. The fourth-order valence-corrected chi connectivity index (χ4v) is 4.72. The number of nitrogens with zero attached hydrogens (tertiary/aromatic N) is 3. The van der Waals surface area contributed by atoms with E-state index in [4.69, 9.17) is 0 Å². The van der Waals surface area contributed by atoms with E-state index in [0.29, 0.717) is 12.3 Å². The third-order valence-corrected chi connectivity index (χ3v) is 6.20. The molecule has 0 spiro atoms. The zero-order valence-electron chi connectivity index (χ0n) is 15.6. The molecular formula is C21H27N3O2. The van der Waals surface area contributed by atoms with Crippen LogP contribution in [-0.2, 0) is 11.3 Å². The van der Waals surface area contributed by atoms with Crippen LogP contribution in [0.25, 0.3) is 10.9 Å². The van der Waals surface area contributed by atoms with Crippen LogP contribution in [0.1, 0.15) is 43.0 Å². The van der Waals surface area contributed by atoms with Crippen LogP contribution < -0.4 is 0 Å². The fourth-order valence-electron chi connectivity index (χ4n) is 4.72. The second-order valence-corrected chi connectivity index (χ2v) is 7.61. The molecule has 138 valence electrons. The van der Waals surface area contributed by atoms with Crippen LogP contribution >= 0.6 is 0 Å². The minimum Gasteiger partial charge on any atom is -0.347 e. The molecule has 0 aliphatic carbocycles. The number of fused-ring (bicyclic) bond motifs is 2. The summed E-state index contributed by atoms with van der Waals surface area (Å²) >= 11 is 0. The summed E-state index contributed by atoms with van der Waals surface area (Å²) < 4.78 is 2.15. The van der Waals surface area contributed by atoms with E-state index < -0.39 is 0 Å². The van der Waals surface area contributed by atoms with E-state index in [1.165, 1.54) is 0 Å². The molecule has 2 aromatic rings. The van der Waals surface area contributed by atoms with Gasteiger partial charge in [0, 0.05) is 56.2 Å². The van der Waals surface area contributed by atoms with E-state index in [9.17, 15) is 9.59 Å². The molecule has 3 heterocycles. The Morgan fingerprint density at radius 2 is 2.04 bits per heavy atom. The predicted molar refractivity (Wildman–Crippen MR) is 102 cm³/mol. The standard InChI is InChI=1S/C21H27N3O2/c1-3-23-14-17(16-8-4-5-9-19(16)23)21(26)24-12-11-18-15(13-24)7-6-10-20(25)22(18)2/h4-5,8-9,14-15,18H,3,6-7,10-13H2,1-2H3/t15-,18+/m0/s1. The van der Waals surface area contributed by atoms with E-state index in [2.05, 4.69) is 17.6 Å². The number of carbonyl (C=O) groups excluding carboxylic acids is 2. The molecule has 0 saturated carbocycles. The number of likely N-dealkylation sites (tertiary alicyclic amines) is 2. The molecule has 1 aromatic heterocycles. The Labute approximate surface area is 154 Å². The van der Waals surface area contributed by atoms with Gasteiger partial charge in [-0.05, 0) is 38.2 Å². The minimum absolute atomic E-state index is 0.130. The van der Waals surface area contributed by atoms with Gasteiger partial charge in [-0.25, -0.2) is 0 Å². The molecule has 2 atom stereocenters. The van der Waals surface area contributed by atoms with Crippen LogP contribution in [0, 0.1) is 5.92 Å². The summed E-state index contributed by atoms with van der Waals surface area (Å²) in [6.45, 7) is 4.44. The van der Waals surface area contributed by atoms with E-state index in [1.54, 1.807) is 0 Å². The first-order chi connectivity index (χ1) is 12.6. The van der Waals surface area contributed by atoms with Crippen LogP contribution in [-0.4, -0.2) is 52.4 Å². The maximum absolute atomic E-state index is 13.3. The normalized spacial score (nSPS) is 23.8. The average molecular weight is 353 g/mol. The second kappa shape index (κ2) is 6.78. The zero-order chi connectivity index (χ0) is 18.3. The van der Waals surface area contributed by atoms with Gasteiger partial charge in [-0.2, -0.15) is 0 Å². The number of benzene rings is 1. The van der Waals surface area contributed by atoms with Crippen molar-refractivity contribution in [2.45, 2.75) is 45.2 Å². The third kappa shape index (κ3) is 2.79. The topological polar surface area (TPSA) is 45.6 Å². The first-order valence-electron chi connectivity index (χ1n) is 9.73. The lowest BCUT2D eigenvalue weighted by Gasteiger charge is -2.41. The van der Waals surface area contributed by atoms with Gasteiger partial charge in [-0.1, -0.05) is 18.2 Å². The lowest BCUT2D eigenvalue weighted by Crippen LogP contribution is -2.51. The molecule has 5 nitrogen and oxygen atoms in total. The minimum atomic E-state index is 0.130. The molecule has 1 aromatic carbocycles. The summed E-state index contributed by atoms with van der Waals surface area (Å²) in [4.78, 5) is 29.4. The van der Waals surface area contributed by atoms with Crippen LogP contribution in [0.5, 0.6) is 0 Å². The Kier molecular flexibility index (Phi) is 4.47. The quantitative estimate of drug-likeness (QED) is 0.833. The highest BCUT2D eigenvalue weighted by Crippen LogP contribution is 2.31. The molecule has 2 aliphatic heterocycles. The lowest BCUT2D eigenvalue weighted by atomic mass is 9.88. The molecule has 0 unspecified atom stereocenters. The van der Waals surface area contributed by atoms with Gasteiger partial charge in [0.05, 0.1) is 5.56 Å². The molecule has 2 saturated heterocycles. The van der Waals surface area contributed by atoms with Gasteiger partial charge in [0.1, 0.15) is 0 Å². The molecule has 26 heavy (non-hydrogen) atoms. The predicted octanol–water partition coefficient (Wildman–Crippen LogP) is 3.13. The van der Waals surface area contributed by atoms with Crippen LogP contribution in [0.4, 0.5) is 0 Å². The van der Waals surface area contributed by atoms with Crippen LogP contribution in [0.3, 0.4) is 0 Å². The van der Waals surface area contributed by atoms with Gasteiger partial charge in [0.2, 0.25) is 5.91 Å². The van der Waals surface area contributed by atoms with E-state index in [1.807, 2.05) is 41.2 Å². The molecule has 0 radical (unpaired) electrons. The van der Waals surface area contributed by atoms with Crippen molar-refractivity contribution in [2.24, 2.45) is 5.92 Å². The molecule has 0 N–H and O–H groups in total. The first-order valence-corrected chi connectivity index (χ1v) is 9.73. The first kappa shape index (κ1) is 17.1. The molecule has 4 rings (SSSR count). The van der Waals surface area contributed by atoms with E-state index in [0.717, 1.165) is 55.4 Å². The maximum atomic E-state index is 13.3. The fraction of sp³-hybridized carbons (Fsp3) is 0.524. The van der Waals surface area contributed by atoms with Gasteiger partial charge >= 0.3 is 0 Å². The van der Waals surface area contributed by atoms with Crippen molar-refractivity contribution in [1.29, 1.82) is 0 Å². The largest absolute Gasteiger partial charge is 0.347 e. The molecule has 2 aliphatic rings. The van der Waals surface area contributed by atoms with Crippen LogP contribution in [0.15, 0.2) is 30.5 Å². The summed E-state index contributed by atoms with van der Waals surface area (Å²) in [5.74, 6) is 0.775. The highest BCUT2D eigenvalue weighted by molar-refractivity contribution is 6.07. The highest BCUT2D eigenvalue weighted by atomic mass is 16.2. The number of amides is 2. The SMILES string of the molecule is CCn1cc(C(=O)N2CC[C@@H]3[C@@H](CCCC(=O)N3C)C2)c2ccccc21. The molecule has 0 bridgehead atoms. The number of aryl methyl sites for hydroxylation is 1. The van der Waals surface area contributed by atoms with Gasteiger partial charge in [0.25, 0.3) is 5.91 Å². The Morgan fingerprint density at radius 3 is 2.85 bits per heavy atom. The number of piperidine rings is 1. The number of carbonyl (C=O) groups is 2. The lowest BCUT2D eigenvalue weighted by molar-refractivity contribution is -0.132. The van der Waals surface area contributed by atoms with Crippen LogP contribution in [0.2, 0.25) is 0 Å². The summed E-state index contributed by atoms with van der Waals surface area (Å²) in [5.41, 5.74) is 1.92. The van der Waals surface area contributed by atoms with Crippen molar-refractivity contribution in [3.63, 3.8) is 0 Å². The van der Waals surface area contributed by atoms with E-state index in [-0.39, 0.29) is 17.9 Å². The number of aromatic nitrogens is 1. The second-order valence-electron chi connectivity index (χ2n) is 7.61. The molecule has 5 heteroatoms. The average Bonchev–Trinajstić information content (AvgIpc) is 2.98. The molecule has 2 fully saturated rings. The summed E-state index contributed by atoms with van der Waals surface area (Å²) in [6.07, 6.45) is 5.48. The van der Waals surface area contributed by atoms with Crippen molar-refractivity contribution in [3.8, 4) is 0 Å². The Balaban J connectivity index is 1.59. The van der Waals surface area contributed by atoms with Gasteiger partial charge in [0.15, 0.2) is 0 Å². The third-order valence-electron chi connectivity index (χ3n) is 6.20. The van der Waals surface area contributed by atoms with Gasteiger partial charge in [-0.3, -0.25) is 9.59 Å². The monoisotopic (exact) mass is 353 g/mol. The van der Waals surface area contributed by atoms with Crippen molar-refractivity contribution in [2.75, 3.05) is 20.1 Å². The smallest absolute Gasteiger partial charge is 0.256 e. The van der Waals surface area contributed by atoms with Crippen molar-refractivity contribution < 1.29 is 9.59 Å². The number of hydrogen-bond donors (Lipinski definition) is 0. The highest BCUT2D eigenvalue weighted by Gasteiger charge is 2.37. The van der Waals surface area contributed by atoms with Crippen molar-refractivity contribution >= 4 is 22.7 Å². The zero-order valence-corrected chi connectivity index (χ0v) is 15.6. The van der Waals surface area contributed by atoms with Crippen molar-refractivity contribution in [3.05, 3.63) is 36.0 Å². The summed E-state index contributed by atoms with van der Waals surface area (Å²) in [7, 11) is 1.93. The summed E-state index contributed by atoms with van der Waals surface area (Å²) in [5, 5.41) is 1.04.